The summed E-state index contributed by atoms with van der Waals surface area (Å²) in [5, 5.41) is 2.00. The molecule has 26 heavy (non-hydrogen) atoms. The SMILES string of the molecule is CC(=O)c1ccc(S(=O)(=O)NCC(c2cccs2)N2CCOCC2)cc1. The van der Waals surface area contributed by atoms with Crippen LogP contribution in [-0.2, 0) is 14.8 Å². The van der Waals surface area contributed by atoms with Crippen molar-refractivity contribution in [3.05, 3.63) is 52.2 Å². The van der Waals surface area contributed by atoms with E-state index in [4.69, 9.17) is 4.74 Å². The number of hydrogen-bond acceptors (Lipinski definition) is 6. The lowest BCUT2D eigenvalue weighted by molar-refractivity contribution is 0.0179. The van der Waals surface area contributed by atoms with E-state index in [0.29, 0.717) is 18.8 Å². The quantitative estimate of drug-likeness (QED) is 0.730. The second-order valence-electron chi connectivity index (χ2n) is 6.11. The van der Waals surface area contributed by atoms with Gasteiger partial charge in [0.15, 0.2) is 5.78 Å². The summed E-state index contributed by atoms with van der Waals surface area (Å²) in [6.45, 7) is 4.60. The maximum absolute atomic E-state index is 12.6. The fourth-order valence-corrected chi connectivity index (χ4v) is 4.82. The van der Waals surface area contributed by atoms with Crippen LogP contribution in [-0.4, -0.2) is 51.9 Å². The van der Waals surface area contributed by atoms with E-state index in [1.165, 1.54) is 31.2 Å². The third kappa shape index (κ3) is 4.57. The third-order valence-corrected chi connectivity index (χ3v) is 6.81. The number of morpholine rings is 1. The Kier molecular flexibility index (Phi) is 6.20. The first-order chi connectivity index (χ1) is 12.5. The van der Waals surface area contributed by atoms with Crippen molar-refractivity contribution < 1.29 is 17.9 Å². The summed E-state index contributed by atoms with van der Waals surface area (Å²) in [6.07, 6.45) is 0. The molecule has 8 heteroatoms. The summed E-state index contributed by atoms with van der Waals surface area (Å²) in [6, 6.07) is 9.99. The number of benzene rings is 1. The van der Waals surface area contributed by atoms with Gasteiger partial charge in [-0.2, -0.15) is 0 Å². The molecule has 1 aliphatic heterocycles. The molecule has 0 radical (unpaired) electrons. The third-order valence-electron chi connectivity index (χ3n) is 4.40. The average Bonchev–Trinajstić information content (AvgIpc) is 3.17. The molecule has 2 aromatic rings. The summed E-state index contributed by atoms with van der Waals surface area (Å²) in [7, 11) is -3.64. The van der Waals surface area contributed by atoms with E-state index in [9.17, 15) is 13.2 Å². The summed E-state index contributed by atoms with van der Waals surface area (Å²) in [5.41, 5.74) is 0.494. The van der Waals surface area contributed by atoms with Crippen LogP contribution in [0.15, 0.2) is 46.7 Å². The second-order valence-corrected chi connectivity index (χ2v) is 8.86. The Bertz CT molecular complexity index is 827. The highest BCUT2D eigenvalue weighted by Gasteiger charge is 2.25. The van der Waals surface area contributed by atoms with Crippen molar-refractivity contribution in [2.24, 2.45) is 0 Å². The molecular formula is C18H22N2O4S2. The first-order valence-electron chi connectivity index (χ1n) is 8.43. The Hall–Kier alpha value is -1.58. The standard InChI is InChI=1S/C18H22N2O4S2/c1-14(21)15-4-6-16(7-5-15)26(22,23)19-13-17(18-3-2-12-25-18)20-8-10-24-11-9-20/h2-7,12,17,19H,8-11,13H2,1H3. The fourth-order valence-electron chi connectivity index (χ4n) is 2.92. The number of thiophene rings is 1. The van der Waals surface area contributed by atoms with Crippen LogP contribution in [0.5, 0.6) is 0 Å². The van der Waals surface area contributed by atoms with Crippen molar-refractivity contribution in [1.29, 1.82) is 0 Å². The number of nitrogens with one attached hydrogen (secondary N) is 1. The van der Waals surface area contributed by atoms with Crippen molar-refractivity contribution in [3.63, 3.8) is 0 Å². The minimum absolute atomic E-state index is 0.0230. The summed E-state index contributed by atoms with van der Waals surface area (Å²) < 4.78 is 33.4. The highest BCUT2D eigenvalue weighted by molar-refractivity contribution is 7.89. The largest absolute Gasteiger partial charge is 0.379 e. The minimum Gasteiger partial charge on any atom is -0.379 e. The molecule has 0 spiro atoms. The Labute approximate surface area is 157 Å². The molecule has 1 fully saturated rings. The van der Waals surface area contributed by atoms with Gasteiger partial charge in [-0.25, -0.2) is 13.1 Å². The summed E-state index contributed by atoms with van der Waals surface area (Å²) in [4.78, 5) is 14.9. The van der Waals surface area contributed by atoms with Crippen LogP contribution >= 0.6 is 11.3 Å². The first kappa shape index (κ1) is 19.2. The lowest BCUT2D eigenvalue weighted by Gasteiger charge is -2.34. The number of hydrogen-bond donors (Lipinski definition) is 1. The smallest absolute Gasteiger partial charge is 0.240 e. The van der Waals surface area contributed by atoms with Gasteiger partial charge in [0, 0.05) is 30.1 Å². The summed E-state index contributed by atoms with van der Waals surface area (Å²) in [5.74, 6) is -0.0908. The zero-order chi connectivity index (χ0) is 18.6. The average molecular weight is 395 g/mol. The summed E-state index contributed by atoms with van der Waals surface area (Å²) >= 11 is 1.62. The van der Waals surface area contributed by atoms with Gasteiger partial charge < -0.3 is 4.74 Å². The lowest BCUT2D eigenvalue weighted by atomic mass is 10.2. The van der Waals surface area contributed by atoms with E-state index >= 15 is 0 Å². The molecular weight excluding hydrogens is 372 g/mol. The van der Waals surface area contributed by atoms with Crippen molar-refractivity contribution >= 4 is 27.1 Å². The van der Waals surface area contributed by atoms with Crippen molar-refractivity contribution in [2.75, 3.05) is 32.8 Å². The Morgan fingerprint density at radius 2 is 1.92 bits per heavy atom. The van der Waals surface area contributed by atoms with Crippen LogP contribution in [0.3, 0.4) is 0 Å². The van der Waals surface area contributed by atoms with E-state index < -0.39 is 10.0 Å². The van der Waals surface area contributed by atoms with Crippen LogP contribution in [0.4, 0.5) is 0 Å². The normalized spacial score (nSPS) is 17.1. The molecule has 0 aliphatic carbocycles. The topological polar surface area (TPSA) is 75.7 Å². The zero-order valence-corrected chi connectivity index (χ0v) is 16.2. The molecule has 1 saturated heterocycles. The van der Waals surface area contributed by atoms with Crippen molar-refractivity contribution in [2.45, 2.75) is 17.9 Å². The zero-order valence-electron chi connectivity index (χ0n) is 14.6. The highest BCUT2D eigenvalue weighted by atomic mass is 32.2. The number of nitrogens with zero attached hydrogens (tertiary/aromatic N) is 1. The monoisotopic (exact) mass is 394 g/mol. The van der Waals surface area contributed by atoms with Crippen molar-refractivity contribution in [3.8, 4) is 0 Å². The predicted molar refractivity (Wildman–Crippen MR) is 101 cm³/mol. The molecule has 1 unspecified atom stereocenters. The van der Waals surface area contributed by atoms with Gasteiger partial charge in [-0.05, 0) is 30.5 Å². The highest BCUT2D eigenvalue weighted by Crippen LogP contribution is 2.26. The van der Waals surface area contributed by atoms with Crippen LogP contribution in [0, 0.1) is 0 Å². The molecule has 1 N–H and O–H groups in total. The molecule has 0 saturated carbocycles. The minimum atomic E-state index is -3.64. The number of ether oxygens (including phenoxy) is 1. The molecule has 140 valence electrons. The first-order valence-corrected chi connectivity index (χ1v) is 10.8. The molecule has 0 amide bonds. The predicted octanol–water partition coefficient (Wildman–Crippen LogP) is 2.30. The van der Waals surface area contributed by atoms with E-state index in [-0.39, 0.29) is 23.3 Å². The van der Waals surface area contributed by atoms with E-state index in [1.807, 2.05) is 17.5 Å². The van der Waals surface area contributed by atoms with Gasteiger partial charge in [0.05, 0.1) is 24.2 Å². The fraction of sp³-hybridized carbons (Fsp3) is 0.389. The van der Waals surface area contributed by atoms with Gasteiger partial charge in [0.1, 0.15) is 0 Å². The van der Waals surface area contributed by atoms with Crippen LogP contribution < -0.4 is 4.72 Å². The second kappa shape index (κ2) is 8.41. The van der Waals surface area contributed by atoms with E-state index in [2.05, 4.69) is 9.62 Å². The molecule has 3 rings (SSSR count). The molecule has 0 bridgehead atoms. The van der Waals surface area contributed by atoms with Gasteiger partial charge >= 0.3 is 0 Å². The number of carbonyl (C=O) groups excluding carboxylic acids is 1. The molecule has 1 aromatic heterocycles. The van der Waals surface area contributed by atoms with Crippen molar-refractivity contribution in [1.82, 2.24) is 9.62 Å². The van der Waals surface area contributed by atoms with E-state index in [1.54, 1.807) is 11.3 Å². The van der Waals surface area contributed by atoms with Gasteiger partial charge in [0.2, 0.25) is 10.0 Å². The van der Waals surface area contributed by atoms with Gasteiger partial charge in [0.25, 0.3) is 0 Å². The van der Waals surface area contributed by atoms with Crippen LogP contribution in [0.25, 0.3) is 0 Å². The van der Waals surface area contributed by atoms with Crippen LogP contribution in [0.2, 0.25) is 0 Å². The molecule has 2 heterocycles. The molecule has 1 aliphatic rings. The molecule has 1 atom stereocenters. The maximum atomic E-state index is 12.6. The van der Waals surface area contributed by atoms with Gasteiger partial charge in [-0.15, -0.1) is 11.3 Å². The maximum Gasteiger partial charge on any atom is 0.240 e. The number of Topliss-reactive ketones (excluding diaryl/α,β-unsaturated/α-hetero) is 1. The Balaban J connectivity index is 1.73. The molecule has 6 nitrogen and oxygen atoms in total. The number of rotatable bonds is 7. The van der Waals surface area contributed by atoms with Crippen LogP contribution in [0.1, 0.15) is 28.2 Å². The molecule has 1 aromatic carbocycles. The number of ketones is 1. The van der Waals surface area contributed by atoms with Gasteiger partial charge in [-0.3, -0.25) is 9.69 Å². The Morgan fingerprint density at radius 1 is 1.23 bits per heavy atom. The van der Waals surface area contributed by atoms with E-state index in [0.717, 1.165) is 18.0 Å². The Morgan fingerprint density at radius 3 is 2.50 bits per heavy atom. The number of carbonyl (C=O) groups is 1. The van der Waals surface area contributed by atoms with Gasteiger partial charge in [-0.1, -0.05) is 18.2 Å². The number of sulfonamides is 1. The lowest BCUT2D eigenvalue weighted by Crippen LogP contribution is -2.43.